The Morgan fingerprint density at radius 2 is 1.23 bits per heavy atom. The van der Waals surface area contributed by atoms with Gasteiger partial charge < -0.3 is 33.5 Å². The molecule has 0 bridgehead atoms. The number of pyridine rings is 1. The lowest BCUT2D eigenvalue weighted by Gasteiger charge is -2.17. The molecule has 31 heavy (non-hydrogen) atoms. The third kappa shape index (κ3) is 3.70. The first-order chi connectivity index (χ1) is 14.9. The third-order valence-electron chi connectivity index (χ3n) is 4.79. The molecular formula is C22H23NO8. The van der Waals surface area contributed by atoms with Crippen molar-refractivity contribution in [3.63, 3.8) is 0 Å². The van der Waals surface area contributed by atoms with Crippen LogP contribution in [0, 0.1) is 0 Å². The summed E-state index contributed by atoms with van der Waals surface area (Å²) in [5.74, 6) is 0.965. The lowest BCUT2D eigenvalue weighted by molar-refractivity contribution is 0.0698. The van der Waals surface area contributed by atoms with Crippen LogP contribution < -0.4 is 28.4 Å². The molecule has 9 nitrogen and oxygen atoms in total. The second-order valence-electron chi connectivity index (χ2n) is 6.31. The van der Waals surface area contributed by atoms with Crippen LogP contribution >= 0.6 is 0 Å². The van der Waals surface area contributed by atoms with E-state index in [2.05, 4.69) is 4.98 Å². The molecule has 1 aromatic heterocycles. The summed E-state index contributed by atoms with van der Waals surface area (Å²) in [7, 11) is 8.85. The minimum atomic E-state index is -1.15. The van der Waals surface area contributed by atoms with Crippen LogP contribution in [0.2, 0.25) is 0 Å². The van der Waals surface area contributed by atoms with Gasteiger partial charge in [0.15, 0.2) is 23.0 Å². The highest BCUT2D eigenvalue weighted by Crippen LogP contribution is 2.46. The molecule has 3 aromatic rings. The minimum Gasteiger partial charge on any atom is -0.493 e. The smallest absolute Gasteiger partial charge is 0.336 e. The van der Waals surface area contributed by atoms with Crippen molar-refractivity contribution < 1.29 is 38.3 Å². The molecule has 0 amide bonds. The van der Waals surface area contributed by atoms with Gasteiger partial charge in [-0.3, -0.25) is 0 Å². The molecule has 1 heterocycles. The summed E-state index contributed by atoms with van der Waals surface area (Å²) in [4.78, 5) is 16.8. The lowest BCUT2D eigenvalue weighted by atomic mass is 10.0. The molecule has 3 rings (SSSR count). The highest BCUT2D eigenvalue weighted by Gasteiger charge is 2.24. The standard InChI is InChI=1S/C22H23NO8/c1-26-15-7-11(8-16(27-2)19(15)29-4)13-9-12(22(24)25)18-14(23-13)10-17(28-3)20(30-5)21(18)31-6/h7-10H,1-6H3,(H,24,25). The molecule has 0 aliphatic rings. The second-order valence-corrected chi connectivity index (χ2v) is 6.31. The van der Waals surface area contributed by atoms with Crippen molar-refractivity contribution in [2.24, 2.45) is 0 Å². The van der Waals surface area contributed by atoms with Crippen LogP contribution in [0.5, 0.6) is 34.5 Å². The Bertz CT molecular complexity index is 1120. The Kier molecular flexibility index (Phi) is 6.24. The molecule has 0 radical (unpaired) electrons. The van der Waals surface area contributed by atoms with Crippen molar-refractivity contribution in [1.29, 1.82) is 0 Å². The van der Waals surface area contributed by atoms with Gasteiger partial charge in [0.05, 0.1) is 64.8 Å². The van der Waals surface area contributed by atoms with E-state index in [1.165, 1.54) is 48.7 Å². The maximum absolute atomic E-state index is 12.1. The molecule has 9 heteroatoms. The topological polar surface area (TPSA) is 106 Å². The maximum Gasteiger partial charge on any atom is 0.336 e. The van der Waals surface area contributed by atoms with Crippen LogP contribution in [0.15, 0.2) is 24.3 Å². The SMILES string of the molecule is COc1cc(-c2cc(C(=O)O)c3c(OC)c(OC)c(OC)cc3n2)cc(OC)c1OC. The first kappa shape index (κ1) is 21.8. The predicted octanol–water partition coefficient (Wildman–Crippen LogP) is 3.65. The fourth-order valence-electron chi connectivity index (χ4n) is 3.41. The largest absolute Gasteiger partial charge is 0.493 e. The fourth-order valence-corrected chi connectivity index (χ4v) is 3.41. The van der Waals surface area contributed by atoms with E-state index in [1.54, 1.807) is 18.2 Å². The zero-order valence-corrected chi connectivity index (χ0v) is 18.1. The Labute approximate surface area is 179 Å². The van der Waals surface area contributed by atoms with Crippen molar-refractivity contribution in [2.45, 2.75) is 0 Å². The first-order valence-corrected chi connectivity index (χ1v) is 9.11. The van der Waals surface area contributed by atoms with Gasteiger partial charge in [-0.25, -0.2) is 9.78 Å². The van der Waals surface area contributed by atoms with E-state index in [9.17, 15) is 9.90 Å². The Morgan fingerprint density at radius 1 is 0.710 bits per heavy atom. The fraction of sp³-hybridized carbons (Fsp3) is 0.273. The molecule has 0 spiro atoms. The normalized spacial score (nSPS) is 10.5. The summed E-state index contributed by atoms with van der Waals surface area (Å²) in [6.45, 7) is 0. The van der Waals surface area contributed by atoms with Crippen LogP contribution in [0.25, 0.3) is 22.2 Å². The maximum atomic E-state index is 12.1. The Hall–Kier alpha value is -3.88. The number of rotatable bonds is 8. The number of carbonyl (C=O) groups is 1. The van der Waals surface area contributed by atoms with Crippen molar-refractivity contribution >= 4 is 16.9 Å². The van der Waals surface area contributed by atoms with E-state index < -0.39 is 5.97 Å². The summed E-state index contributed by atoms with van der Waals surface area (Å²) in [6.07, 6.45) is 0. The van der Waals surface area contributed by atoms with Crippen LogP contribution in [-0.2, 0) is 0 Å². The summed E-state index contributed by atoms with van der Waals surface area (Å²) >= 11 is 0. The lowest BCUT2D eigenvalue weighted by Crippen LogP contribution is -2.04. The summed E-state index contributed by atoms with van der Waals surface area (Å²) in [5.41, 5.74) is 1.32. The van der Waals surface area contributed by atoms with Gasteiger partial charge in [0, 0.05) is 11.6 Å². The Morgan fingerprint density at radius 3 is 1.68 bits per heavy atom. The van der Waals surface area contributed by atoms with Crippen LogP contribution in [0.3, 0.4) is 0 Å². The van der Waals surface area contributed by atoms with Crippen molar-refractivity contribution in [2.75, 3.05) is 42.7 Å². The molecule has 0 aliphatic heterocycles. The number of ether oxygens (including phenoxy) is 6. The molecule has 2 aromatic carbocycles. The van der Waals surface area contributed by atoms with E-state index in [0.29, 0.717) is 45.2 Å². The average molecular weight is 429 g/mol. The van der Waals surface area contributed by atoms with Gasteiger partial charge in [-0.2, -0.15) is 0 Å². The van der Waals surface area contributed by atoms with Crippen molar-refractivity contribution in [3.8, 4) is 45.8 Å². The molecule has 0 aliphatic carbocycles. The van der Waals surface area contributed by atoms with E-state index in [0.717, 1.165) is 0 Å². The van der Waals surface area contributed by atoms with E-state index >= 15 is 0 Å². The van der Waals surface area contributed by atoms with Gasteiger partial charge in [0.1, 0.15) is 0 Å². The van der Waals surface area contributed by atoms with Gasteiger partial charge in [0.2, 0.25) is 11.5 Å². The van der Waals surface area contributed by atoms with Crippen molar-refractivity contribution in [3.05, 3.63) is 29.8 Å². The number of aromatic carboxylic acids is 1. The second kappa shape index (κ2) is 8.86. The molecule has 164 valence electrons. The van der Waals surface area contributed by atoms with Gasteiger partial charge in [-0.05, 0) is 18.2 Å². The number of carboxylic acid groups (broad SMARTS) is 1. The van der Waals surface area contributed by atoms with Crippen LogP contribution in [0.4, 0.5) is 0 Å². The first-order valence-electron chi connectivity index (χ1n) is 9.11. The van der Waals surface area contributed by atoms with Gasteiger partial charge in [-0.15, -0.1) is 0 Å². The number of hydrogen-bond donors (Lipinski definition) is 1. The number of hydrogen-bond acceptors (Lipinski definition) is 8. The monoisotopic (exact) mass is 429 g/mol. The van der Waals surface area contributed by atoms with Crippen LogP contribution in [-0.4, -0.2) is 58.7 Å². The zero-order chi connectivity index (χ0) is 22.7. The number of fused-ring (bicyclic) bond motifs is 1. The van der Waals surface area contributed by atoms with Crippen LogP contribution in [0.1, 0.15) is 10.4 Å². The molecule has 0 atom stereocenters. The number of carboxylic acids is 1. The summed E-state index contributed by atoms with van der Waals surface area (Å²) in [6, 6.07) is 6.45. The minimum absolute atomic E-state index is 0.00782. The quantitative estimate of drug-likeness (QED) is 0.574. The Balaban J connectivity index is 2.40. The molecule has 0 saturated heterocycles. The number of methoxy groups -OCH3 is 6. The molecule has 1 N–H and O–H groups in total. The zero-order valence-electron chi connectivity index (χ0n) is 18.1. The number of nitrogens with zero attached hydrogens (tertiary/aromatic N) is 1. The van der Waals surface area contributed by atoms with Gasteiger partial charge in [-0.1, -0.05) is 0 Å². The number of aromatic nitrogens is 1. The third-order valence-corrected chi connectivity index (χ3v) is 4.79. The highest BCUT2D eigenvalue weighted by molar-refractivity contribution is 6.08. The molecule has 0 fully saturated rings. The average Bonchev–Trinajstić information content (AvgIpc) is 2.80. The summed E-state index contributed by atoms with van der Waals surface area (Å²) in [5, 5.41) is 10.2. The molecule has 0 unspecified atom stereocenters. The highest BCUT2D eigenvalue weighted by atomic mass is 16.5. The van der Waals surface area contributed by atoms with E-state index in [-0.39, 0.29) is 17.1 Å². The van der Waals surface area contributed by atoms with E-state index in [4.69, 9.17) is 28.4 Å². The van der Waals surface area contributed by atoms with Gasteiger partial charge in [0.25, 0.3) is 0 Å². The summed E-state index contributed by atoms with van der Waals surface area (Å²) < 4.78 is 32.4. The molecular weight excluding hydrogens is 406 g/mol. The van der Waals surface area contributed by atoms with Gasteiger partial charge >= 0.3 is 5.97 Å². The molecule has 0 saturated carbocycles. The van der Waals surface area contributed by atoms with E-state index in [1.807, 2.05) is 0 Å². The number of benzene rings is 2. The predicted molar refractivity (Wildman–Crippen MR) is 113 cm³/mol. The van der Waals surface area contributed by atoms with Crippen molar-refractivity contribution in [1.82, 2.24) is 4.98 Å².